The summed E-state index contributed by atoms with van der Waals surface area (Å²) in [4.78, 5) is 22.1. The van der Waals surface area contributed by atoms with Crippen LogP contribution in [0, 0.1) is 12.7 Å². The Hall–Kier alpha value is -2.15. The SMILES string of the molecule is Cc1cc(NC(=O)NCC(C)(O)C(=O)O)ccc1F. The number of aliphatic hydroxyl groups is 1. The van der Waals surface area contributed by atoms with Crippen LogP contribution in [0.25, 0.3) is 0 Å². The van der Waals surface area contributed by atoms with Gasteiger partial charge in [-0.1, -0.05) is 0 Å². The van der Waals surface area contributed by atoms with Crippen LogP contribution in [0.3, 0.4) is 0 Å². The van der Waals surface area contributed by atoms with Crippen LogP contribution in [0.4, 0.5) is 14.9 Å². The number of hydrogen-bond donors (Lipinski definition) is 4. The van der Waals surface area contributed by atoms with Crippen molar-refractivity contribution in [2.75, 3.05) is 11.9 Å². The maximum Gasteiger partial charge on any atom is 0.337 e. The monoisotopic (exact) mass is 270 g/mol. The van der Waals surface area contributed by atoms with Gasteiger partial charge in [-0.25, -0.2) is 14.0 Å². The molecule has 104 valence electrons. The van der Waals surface area contributed by atoms with Crippen molar-refractivity contribution in [3.05, 3.63) is 29.6 Å². The molecular formula is C12H15FN2O4. The summed E-state index contributed by atoms with van der Waals surface area (Å²) in [6, 6.07) is 3.33. The number of carboxylic acid groups (broad SMARTS) is 1. The highest BCUT2D eigenvalue weighted by Crippen LogP contribution is 2.13. The van der Waals surface area contributed by atoms with E-state index < -0.39 is 24.1 Å². The first-order valence-corrected chi connectivity index (χ1v) is 5.49. The van der Waals surface area contributed by atoms with Crippen LogP contribution >= 0.6 is 0 Å². The summed E-state index contributed by atoms with van der Waals surface area (Å²) in [7, 11) is 0. The summed E-state index contributed by atoms with van der Waals surface area (Å²) >= 11 is 0. The van der Waals surface area contributed by atoms with Gasteiger partial charge in [0.15, 0.2) is 5.60 Å². The van der Waals surface area contributed by atoms with Crippen LogP contribution < -0.4 is 10.6 Å². The van der Waals surface area contributed by atoms with Crippen LogP contribution in [0.15, 0.2) is 18.2 Å². The van der Waals surface area contributed by atoms with Gasteiger partial charge >= 0.3 is 12.0 Å². The number of hydrogen-bond acceptors (Lipinski definition) is 3. The Labute approximate surface area is 109 Å². The van der Waals surface area contributed by atoms with Crippen molar-refractivity contribution in [2.24, 2.45) is 0 Å². The first-order chi connectivity index (χ1) is 8.72. The third-order valence-electron chi connectivity index (χ3n) is 2.47. The third-order valence-corrected chi connectivity index (χ3v) is 2.47. The minimum Gasteiger partial charge on any atom is -0.479 e. The first kappa shape index (κ1) is 14.9. The molecule has 0 fully saturated rings. The molecule has 0 aromatic heterocycles. The molecule has 6 nitrogen and oxygen atoms in total. The topological polar surface area (TPSA) is 98.7 Å². The molecule has 0 bridgehead atoms. The molecule has 0 saturated carbocycles. The second-order valence-electron chi connectivity index (χ2n) is 4.35. The second-order valence-corrected chi connectivity index (χ2v) is 4.35. The standard InChI is InChI=1S/C12H15FN2O4/c1-7-5-8(3-4-9(7)13)15-11(18)14-6-12(2,19)10(16)17/h3-5,19H,6H2,1-2H3,(H,16,17)(H2,14,15,18). The molecule has 0 heterocycles. The van der Waals surface area contributed by atoms with Gasteiger partial charge < -0.3 is 20.8 Å². The number of halogens is 1. The zero-order valence-electron chi connectivity index (χ0n) is 10.5. The second kappa shape index (κ2) is 5.66. The van der Waals surface area contributed by atoms with Gasteiger partial charge in [0.2, 0.25) is 0 Å². The predicted octanol–water partition coefficient (Wildman–Crippen LogP) is 1.09. The highest BCUT2D eigenvalue weighted by atomic mass is 19.1. The number of rotatable bonds is 4. The fourth-order valence-corrected chi connectivity index (χ4v) is 1.23. The maximum atomic E-state index is 13.0. The smallest absolute Gasteiger partial charge is 0.337 e. The largest absolute Gasteiger partial charge is 0.479 e. The molecule has 2 amide bonds. The molecule has 1 unspecified atom stereocenters. The summed E-state index contributed by atoms with van der Waals surface area (Å²) in [5.41, 5.74) is -1.31. The number of benzene rings is 1. The van der Waals surface area contributed by atoms with Gasteiger partial charge in [-0.3, -0.25) is 0 Å². The Morgan fingerprint density at radius 3 is 2.58 bits per heavy atom. The molecule has 4 N–H and O–H groups in total. The van der Waals surface area contributed by atoms with Gasteiger partial charge in [-0.15, -0.1) is 0 Å². The number of urea groups is 1. The maximum absolute atomic E-state index is 13.0. The van der Waals surface area contributed by atoms with E-state index in [4.69, 9.17) is 5.11 Å². The molecule has 0 saturated heterocycles. The van der Waals surface area contributed by atoms with Crippen molar-refractivity contribution < 1.29 is 24.2 Å². The number of carboxylic acids is 1. The summed E-state index contributed by atoms with van der Waals surface area (Å²) in [6.07, 6.45) is 0. The van der Waals surface area contributed by atoms with Gasteiger partial charge in [-0.2, -0.15) is 0 Å². The zero-order valence-corrected chi connectivity index (χ0v) is 10.5. The summed E-state index contributed by atoms with van der Waals surface area (Å²) in [5, 5.41) is 22.7. The molecule has 1 rings (SSSR count). The van der Waals surface area contributed by atoms with Crippen molar-refractivity contribution in [3.63, 3.8) is 0 Å². The van der Waals surface area contributed by atoms with E-state index in [1.807, 2.05) is 0 Å². The van der Waals surface area contributed by atoms with Crippen LogP contribution in [-0.2, 0) is 4.79 Å². The van der Waals surface area contributed by atoms with E-state index in [1.54, 1.807) is 6.92 Å². The van der Waals surface area contributed by atoms with E-state index >= 15 is 0 Å². The van der Waals surface area contributed by atoms with Crippen LogP contribution in [0.5, 0.6) is 0 Å². The minimum atomic E-state index is -2.05. The Kier molecular flexibility index (Phi) is 4.44. The Balaban J connectivity index is 2.56. The van der Waals surface area contributed by atoms with Crippen LogP contribution in [-0.4, -0.2) is 34.4 Å². The van der Waals surface area contributed by atoms with E-state index in [-0.39, 0.29) is 5.82 Å². The van der Waals surface area contributed by atoms with E-state index in [0.717, 1.165) is 6.92 Å². The number of aliphatic carboxylic acids is 1. The first-order valence-electron chi connectivity index (χ1n) is 5.49. The zero-order chi connectivity index (χ0) is 14.6. The molecule has 7 heteroatoms. The lowest BCUT2D eigenvalue weighted by molar-refractivity contribution is -0.155. The van der Waals surface area contributed by atoms with E-state index in [1.165, 1.54) is 18.2 Å². The molecular weight excluding hydrogens is 255 g/mol. The lowest BCUT2D eigenvalue weighted by atomic mass is 10.1. The fourth-order valence-electron chi connectivity index (χ4n) is 1.23. The Morgan fingerprint density at radius 2 is 2.05 bits per heavy atom. The number of aryl methyl sites for hydroxylation is 1. The normalized spacial score (nSPS) is 13.5. The summed E-state index contributed by atoms with van der Waals surface area (Å²) in [5.74, 6) is -1.83. The molecule has 1 atom stereocenters. The average molecular weight is 270 g/mol. The molecule has 1 aromatic carbocycles. The number of carbonyl (C=O) groups is 2. The van der Waals surface area contributed by atoms with E-state index in [9.17, 15) is 19.1 Å². The van der Waals surface area contributed by atoms with Gasteiger partial charge in [-0.05, 0) is 37.6 Å². The quantitative estimate of drug-likeness (QED) is 0.658. The molecule has 0 spiro atoms. The number of carbonyl (C=O) groups excluding carboxylic acids is 1. The predicted molar refractivity (Wildman–Crippen MR) is 66.4 cm³/mol. The van der Waals surface area contributed by atoms with Crippen molar-refractivity contribution in [3.8, 4) is 0 Å². The lowest BCUT2D eigenvalue weighted by Gasteiger charge is -2.18. The number of anilines is 1. The van der Waals surface area contributed by atoms with Crippen molar-refractivity contribution in [1.82, 2.24) is 5.32 Å². The Morgan fingerprint density at radius 1 is 1.42 bits per heavy atom. The van der Waals surface area contributed by atoms with Gasteiger partial charge in [0.05, 0.1) is 6.54 Å². The molecule has 0 aliphatic rings. The average Bonchev–Trinajstić information content (AvgIpc) is 2.31. The molecule has 0 aliphatic heterocycles. The van der Waals surface area contributed by atoms with Crippen molar-refractivity contribution in [1.29, 1.82) is 0 Å². The molecule has 0 aliphatic carbocycles. The van der Waals surface area contributed by atoms with Gasteiger partial charge in [0.1, 0.15) is 5.82 Å². The van der Waals surface area contributed by atoms with E-state index in [0.29, 0.717) is 11.3 Å². The number of amides is 2. The third kappa shape index (κ3) is 4.22. The summed E-state index contributed by atoms with van der Waals surface area (Å²) in [6.45, 7) is 2.17. The van der Waals surface area contributed by atoms with Gasteiger partial charge in [0, 0.05) is 5.69 Å². The molecule has 0 radical (unpaired) electrons. The Bertz CT molecular complexity index is 503. The van der Waals surface area contributed by atoms with Crippen molar-refractivity contribution in [2.45, 2.75) is 19.4 Å². The van der Waals surface area contributed by atoms with Crippen LogP contribution in [0.2, 0.25) is 0 Å². The van der Waals surface area contributed by atoms with E-state index in [2.05, 4.69) is 10.6 Å². The highest BCUT2D eigenvalue weighted by molar-refractivity contribution is 5.90. The number of nitrogens with one attached hydrogen (secondary N) is 2. The summed E-state index contributed by atoms with van der Waals surface area (Å²) < 4.78 is 13.0. The fraction of sp³-hybridized carbons (Fsp3) is 0.333. The van der Waals surface area contributed by atoms with Crippen molar-refractivity contribution >= 4 is 17.7 Å². The van der Waals surface area contributed by atoms with Gasteiger partial charge in [0.25, 0.3) is 0 Å². The highest BCUT2D eigenvalue weighted by Gasteiger charge is 2.30. The molecule has 19 heavy (non-hydrogen) atoms. The lowest BCUT2D eigenvalue weighted by Crippen LogP contribution is -2.47. The molecule has 1 aromatic rings. The van der Waals surface area contributed by atoms with Crippen LogP contribution in [0.1, 0.15) is 12.5 Å². The minimum absolute atomic E-state index is 0.367.